The molecule has 0 aliphatic carbocycles. The van der Waals surface area contributed by atoms with Crippen molar-refractivity contribution in [2.24, 2.45) is 0 Å². The van der Waals surface area contributed by atoms with Crippen LogP contribution in [0.1, 0.15) is 23.7 Å². The molecule has 20 heavy (non-hydrogen) atoms. The number of nitrogens with one attached hydrogen (secondary N) is 1. The van der Waals surface area contributed by atoms with Crippen LogP contribution in [0.3, 0.4) is 0 Å². The average molecular weight is 270 g/mol. The minimum atomic E-state index is 0.759. The molecule has 2 rings (SSSR count). The van der Waals surface area contributed by atoms with E-state index in [0.717, 1.165) is 31.1 Å². The van der Waals surface area contributed by atoms with Gasteiger partial charge >= 0.3 is 0 Å². The summed E-state index contributed by atoms with van der Waals surface area (Å²) in [5.74, 6) is 0.906. The lowest BCUT2D eigenvalue weighted by molar-refractivity contribution is 0.704. The number of benzene rings is 1. The molecule has 1 heterocycles. The quantitative estimate of drug-likeness (QED) is 0.876. The number of hydrogen-bond donors (Lipinski definition) is 1. The van der Waals surface area contributed by atoms with Gasteiger partial charge in [0.15, 0.2) is 0 Å². The first-order chi connectivity index (χ1) is 9.70. The van der Waals surface area contributed by atoms with Crippen molar-refractivity contribution in [3.63, 3.8) is 0 Å². The lowest BCUT2D eigenvalue weighted by atomic mass is 10.1. The fourth-order valence-electron chi connectivity index (χ4n) is 2.04. The van der Waals surface area contributed by atoms with Gasteiger partial charge in [0.25, 0.3) is 0 Å². The average Bonchev–Trinajstić information content (AvgIpc) is 2.48. The Kier molecular flexibility index (Phi) is 5.07. The van der Waals surface area contributed by atoms with Crippen molar-refractivity contribution < 1.29 is 0 Å². The number of nitrogens with zero attached hydrogens (tertiary/aromatic N) is 3. The monoisotopic (exact) mass is 270 g/mol. The lowest BCUT2D eigenvalue weighted by Crippen LogP contribution is -2.20. The van der Waals surface area contributed by atoms with Crippen molar-refractivity contribution in [3.8, 4) is 0 Å². The summed E-state index contributed by atoms with van der Waals surface area (Å²) in [5.41, 5.74) is 3.59. The summed E-state index contributed by atoms with van der Waals surface area (Å²) >= 11 is 0. The normalized spacial score (nSPS) is 10.6. The highest BCUT2D eigenvalue weighted by atomic mass is 15.2. The Morgan fingerprint density at radius 2 is 2.00 bits per heavy atom. The Balaban J connectivity index is 2.09. The van der Waals surface area contributed by atoms with E-state index >= 15 is 0 Å². The molecule has 0 radical (unpaired) electrons. The summed E-state index contributed by atoms with van der Waals surface area (Å²) in [5, 5.41) is 3.27. The minimum absolute atomic E-state index is 0.759. The molecule has 0 aliphatic heterocycles. The highest BCUT2D eigenvalue weighted by Gasteiger charge is 2.06. The van der Waals surface area contributed by atoms with Gasteiger partial charge in [-0.15, -0.1) is 0 Å². The second kappa shape index (κ2) is 7.01. The van der Waals surface area contributed by atoms with Crippen molar-refractivity contribution in [2.75, 3.05) is 18.5 Å². The van der Waals surface area contributed by atoms with E-state index in [2.05, 4.69) is 58.3 Å². The van der Waals surface area contributed by atoms with Crippen molar-refractivity contribution in [1.29, 1.82) is 0 Å². The number of aromatic nitrogens is 2. The van der Waals surface area contributed by atoms with Crippen LogP contribution in [0.25, 0.3) is 0 Å². The van der Waals surface area contributed by atoms with Crippen molar-refractivity contribution in [3.05, 3.63) is 53.5 Å². The summed E-state index contributed by atoms with van der Waals surface area (Å²) in [6, 6.07) is 8.43. The highest BCUT2D eigenvalue weighted by molar-refractivity contribution is 5.38. The molecule has 1 aromatic carbocycles. The van der Waals surface area contributed by atoms with Crippen molar-refractivity contribution in [2.45, 2.75) is 26.9 Å². The van der Waals surface area contributed by atoms with Gasteiger partial charge in [-0.2, -0.15) is 0 Å². The molecule has 0 unspecified atom stereocenters. The molecule has 0 spiro atoms. The number of hydrogen-bond acceptors (Lipinski definition) is 4. The van der Waals surface area contributed by atoms with E-state index in [1.54, 1.807) is 0 Å². The molecule has 0 amide bonds. The molecular weight excluding hydrogens is 248 g/mol. The van der Waals surface area contributed by atoms with Gasteiger partial charge in [-0.25, -0.2) is 4.98 Å². The van der Waals surface area contributed by atoms with Gasteiger partial charge in [0.1, 0.15) is 5.82 Å². The maximum absolute atomic E-state index is 4.64. The van der Waals surface area contributed by atoms with Gasteiger partial charge in [-0.05, 0) is 24.6 Å². The van der Waals surface area contributed by atoms with Gasteiger partial charge in [0, 0.05) is 26.3 Å². The Bertz CT molecular complexity index is 554. The van der Waals surface area contributed by atoms with E-state index in [0.29, 0.717) is 0 Å². The zero-order valence-corrected chi connectivity index (χ0v) is 12.4. The zero-order valence-electron chi connectivity index (χ0n) is 12.4. The van der Waals surface area contributed by atoms with Crippen LogP contribution in [0.15, 0.2) is 36.7 Å². The molecule has 4 heteroatoms. The predicted molar refractivity (Wildman–Crippen MR) is 82.7 cm³/mol. The van der Waals surface area contributed by atoms with Crippen LogP contribution in [0, 0.1) is 6.92 Å². The van der Waals surface area contributed by atoms with Gasteiger partial charge in [0.2, 0.25) is 0 Å². The SMILES string of the molecule is CCNCc1cncc(N(C)Cc2ccccc2C)n1. The van der Waals surface area contributed by atoms with E-state index in [1.807, 2.05) is 19.4 Å². The summed E-state index contributed by atoms with van der Waals surface area (Å²) in [4.78, 5) is 11.0. The number of anilines is 1. The smallest absolute Gasteiger partial charge is 0.147 e. The first-order valence-corrected chi connectivity index (χ1v) is 6.98. The standard InChI is InChI=1S/C16H22N4/c1-4-17-9-15-10-18-11-16(19-15)20(3)12-14-8-6-5-7-13(14)2/h5-8,10-11,17H,4,9,12H2,1-3H3. The largest absolute Gasteiger partial charge is 0.354 e. The Hall–Kier alpha value is -1.94. The summed E-state index contributed by atoms with van der Waals surface area (Å²) in [7, 11) is 2.05. The first-order valence-electron chi connectivity index (χ1n) is 6.98. The molecule has 2 aromatic rings. The van der Waals surface area contributed by atoms with Crippen LogP contribution >= 0.6 is 0 Å². The Labute approximate surface area is 120 Å². The molecule has 0 saturated carbocycles. The summed E-state index contributed by atoms with van der Waals surface area (Å²) in [6.45, 7) is 6.75. The van der Waals surface area contributed by atoms with Gasteiger partial charge in [-0.3, -0.25) is 4.98 Å². The van der Waals surface area contributed by atoms with E-state index in [4.69, 9.17) is 0 Å². The van der Waals surface area contributed by atoms with E-state index < -0.39 is 0 Å². The van der Waals surface area contributed by atoms with Gasteiger partial charge in [-0.1, -0.05) is 31.2 Å². The van der Waals surface area contributed by atoms with Crippen LogP contribution in [-0.4, -0.2) is 23.6 Å². The maximum atomic E-state index is 4.64. The fraction of sp³-hybridized carbons (Fsp3) is 0.375. The number of rotatable bonds is 6. The Morgan fingerprint density at radius 3 is 2.75 bits per heavy atom. The Morgan fingerprint density at radius 1 is 1.20 bits per heavy atom. The van der Waals surface area contributed by atoms with E-state index in [-0.39, 0.29) is 0 Å². The first kappa shape index (κ1) is 14.5. The molecule has 1 aromatic heterocycles. The van der Waals surface area contributed by atoms with Gasteiger partial charge in [0.05, 0.1) is 11.9 Å². The van der Waals surface area contributed by atoms with Crippen molar-refractivity contribution >= 4 is 5.82 Å². The molecule has 0 bridgehead atoms. The minimum Gasteiger partial charge on any atom is -0.354 e. The van der Waals surface area contributed by atoms with Crippen molar-refractivity contribution in [1.82, 2.24) is 15.3 Å². The van der Waals surface area contributed by atoms with E-state index in [9.17, 15) is 0 Å². The van der Waals surface area contributed by atoms with Crippen LogP contribution in [0.2, 0.25) is 0 Å². The molecule has 106 valence electrons. The van der Waals surface area contributed by atoms with E-state index in [1.165, 1.54) is 11.1 Å². The third-order valence-corrected chi connectivity index (χ3v) is 3.29. The molecule has 4 nitrogen and oxygen atoms in total. The fourth-order valence-corrected chi connectivity index (χ4v) is 2.04. The van der Waals surface area contributed by atoms with Crippen LogP contribution in [0.5, 0.6) is 0 Å². The second-order valence-corrected chi connectivity index (χ2v) is 4.93. The summed E-state index contributed by atoms with van der Waals surface area (Å²) in [6.07, 6.45) is 3.63. The maximum Gasteiger partial charge on any atom is 0.147 e. The molecular formula is C16H22N4. The van der Waals surface area contributed by atoms with Crippen LogP contribution in [0.4, 0.5) is 5.82 Å². The highest BCUT2D eigenvalue weighted by Crippen LogP contribution is 2.14. The van der Waals surface area contributed by atoms with Crippen LogP contribution in [-0.2, 0) is 13.1 Å². The third kappa shape index (κ3) is 3.78. The third-order valence-electron chi connectivity index (χ3n) is 3.29. The lowest BCUT2D eigenvalue weighted by Gasteiger charge is -2.19. The number of aryl methyl sites for hydroxylation is 1. The zero-order chi connectivity index (χ0) is 14.4. The molecule has 1 N–H and O–H groups in total. The summed E-state index contributed by atoms with van der Waals surface area (Å²) < 4.78 is 0. The topological polar surface area (TPSA) is 41.1 Å². The van der Waals surface area contributed by atoms with Crippen LogP contribution < -0.4 is 10.2 Å². The molecule has 0 saturated heterocycles. The van der Waals surface area contributed by atoms with Gasteiger partial charge < -0.3 is 10.2 Å². The molecule has 0 fully saturated rings. The predicted octanol–water partition coefficient (Wildman–Crippen LogP) is 2.53. The second-order valence-electron chi connectivity index (χ2n) is 4.93. The molecule has 0 atom stereocenters. The molecule has 0 aliphatic rings.